The maximum Gasteiger partial charge on any atom is 0.451 e. The molecule has 0 fully saturated rings. The molecular weight excluding hydrogens is 291 g/mol. The van der Waals surface area contributed by atoms with Gasteiger partial charge in [-0.3, -0.25) is 9.59 Å². The van der Waals surface area contributed by atoms with Crippen molar-refractivity contribution in [3.63, 3.8) is 0 Å². The van der Waals surface area contributed by atoms with E-state index in [-0.39, 0.29) is 18.0 Å². The van der Waals surface area contributed by atoms with Gasteiger partial charge in [0.2, 0.25) is 5.82 Å². The van der Waals surface area contributed by atoms with E-state index in [1.165, 1.54) is 0 Å². The van der Waals surface area contributed by atoms with Crippen molar-refractivity contribution in [2.75, 3.05) is 13.1 Å². The number of hydrogen-bond acceptors (Lipinski definition) is 4. The molecule has 1 N–H and O–H groups in total. The van der Waals surface area contributed by atoms with Gasteiger partial charge in [0.25, 0.3) is 5.91 Å². The highest BCUT2D eigenvalue weighted by molar-refractivity contribution is 5.95. The Morgan fingerprint density at radius 1 is 1.29 bits per heavy atom. The van der Waals surface area contributed by atoms with Crippen LogP contribution >= 0.6 is 0 Å². The Labute approximate surface area is 118 Å². The number of aliphatic carboxylic acids is 1. The first-order chi connectivity index (χ1) is 9.61. The Morgan fingerprint density at radius 3 is 2.19 bits per heavy atom. The molecule has 9 heteroatoms. The van der Waals surface area contributed by atoms with Crippen molar-refractivity contribution in [3.8, 4) is 0 Å². The van der Waals surface area contributed by atoms with E-state index >= 15 is 0 Å². The maximum absolute atomic E-state index is 12.3. The lowest BCUT2D eigenvalue weighted by molar-refractivity contribution is -0.145. The molecule has 1 aromatic rings. The van der Waals surface area contributed by atoms with Crippen molar-refractivity contribution in [1.29, 1.82) is 0 Å². The van der Waals surface area contributed by atoms with Crippen molar-refractivity contribution < 1.29 is 27.9 Å². The van der Waals surface area contributed by atoms with E-state index in [1.54, 1.807) is 13.8 Å². The van der Waals surface area contributed by atoms with Crippen LogP contribution in [-0.2, 0) is 11.0 Å². The number of aromatic nitrogens is 2. The molecule has 1 amide bonds. The molecule has 6 nitrogen and oxygen atoms in total. The summed E-state index contributed by atoms with van der Waals surface area (Å²) in [4.78, 5) is 30.0. The predicted octanol–water partition coefficient (Wildman–Crippen LogP) is 1.68. The molecular formula is C12H14F3N3O3. The molecule has 0 aromatic carbocycles. The first-order valence-corrected chi connectivity index (χ1v) is 6.01. The molecule has 0 aliphatic rings. The summed E-state index contributed by atoms with van der Waals surface area (Å²) in [6.45, 7) is 3.18. The summed E-state index contributed by atoms with van der Waals surface area (Å²) in [6.07, 6.45) is -3.21. The Morgan fingerprint density at radius 2 is 1.81 bits per heavy atom. The quantitative estimate of drug-likeness (QED) is 0.894. The standard InChI is InChI=1S/C12H14F3N3O3/c1-7(2)5-18(6-9(19)20)10(21)8-3-16-11(17-4-8)12(13,14)15/h3-4,7H,5-6H2,1-2H3,(H,19,20). The van der Waals surface area contributed by atoms with Crippen molar-refractivity contribution in [2.24, 2.45) is 5.92 Å². The fraction of sp³-hybridized carbons (Fsp3) is 0.500. The van der Waals surface area contributed by atoms with Crippen LogP contribution in [0, 0.1) is 5.92 Å². The van der Waals surface area contributed by atoms with Gasteiger partial charge in [-0.1, -0.05) is 13.8 Å². The van der Waals surface area contributed by atoms with Crippen LogP contribution in [0.15, 0.2) is 12.4 Å². The van der Waals surface area contributed by atoms with Gasteiger partial charge in [0.05, 0.1) is 5.56 Å². The summed E-state index contributed by atoms with van der Waals surface area (Å²) >= 11 is 0. The van der Waals surface area contributed by atoms with Crippen molar-refractivity contribution in [3.05, 3.63) is 23.8 Å². The Bertz CT molecular complexity index is 515. The minimum Gasteiger partial charge on any atom is -0.480 e. The van der Waals surface area contributed by atoms with E-state index in [9.17, 15) is 22.8 Å². The lowest BCUT2D eigenvalue weighted by Crippen LogP contribution is -2.38. The third-order valence-electron chi connectivity index (χ3n) is 2.35. The van der Waals surface area contributed by atoms with E-state index in [0.717, 1.165) is 17.3 Å². The second-order valence-electron chi connectivity index (χ2n) is 4.77. The number of carboxylic acids is 1. The summed E-state index contributed by atoms with van der Waals surface area (Å²) in [7, 11) is 0. The third-order valence-corrected chi connectivity index (χ3v) is 2.35. The van der Waals surface area contributed by atoms with E-state index in [2.05, 4.69) is 9.97 Å². The number of carbonyl (C=O) groups excluding carboxylic acids is 1. The summed E-state index contributed by atoms with van der Waals surface area (Å²) in [5.74, 6) is -3.28. The summed E-state index contributed by atoms with van der Waals surface area (Å²) in [5.41, 5.74) is -0.190. The topological polar surface area (TPSA) is 83.4 Å². The van der Waals surface area contributed by atoms with Crippen molar-refractivity contribution in [1.82, 2.24) is 14.9 Å². The first kappa shape index (κ1) is 16.9. The van der Waals surface area contributed by atoms with Crippen molar-refractivity contribution in [2.45, 2.75) is 20.0 Å². The average molecular weight is 305 g/mol. The minimum atomic E-state index is -4.69. The summed E-state index contributed by atoms with van der Waals surface area (Å²) in [6, 6.07) is 0. The fourth-order valence-corrected chi connectivity index (χ4v) is 1.59. The molecule has 1 heterocycles. The molecule has 0 atom stereocenters. The van der Waals surface area contributed by atoms with Gasteiger partial charge in [0, 0.05) is 18.9 Å². The van der Waals surface area contributed by atoms with Gasteiger partial charge in [0.1, 0.15) is 6.54 Å². The minimum absolute atomic E-state index is 0.00340. The molecule has 0 bridgehead atoms. The zero-order valence-corrected chi connectivity index (χ0v) is 11.4. The molecule has 0 unspecified atom stereocenters. The Kier molecular flexibility index (Phi) is 5.23. The zero-order chi connectivity index (χ0) is 16.2. The number of nitrogens with zero attached hydrogens (tertiary/aromatic N) is 3. The number of alkyl halides is 3. The zero-order valence-electron chi connectivity index (χ0n) is 11.4. The maximum atomic E-state index is 12.3. The summed E-state index contributed by atoms with van der Waals surface area (Å²) in [5, 5.41) is 8.77. The van der Waals surface area contributed by atoms with Gasteiger partial charge < -0.3 is 10.0 Å². The molecule has 0 spiro atoms. The highest BCUT2D eigenvalue weighted by atomic mass is 19.4. The van der Waals surface area contributed by atoms with Crippen LogP contribution in [0.4, 0.5) is 13.2 Å². The van der Waals surface area contributed by atoms with Crippen LogP contribution < -0.4 is 0 Å². The molecule has 0 aliphatic heterocycles. The Hall–Kier alpha value is -2.19. The van der Waals surface area contributed by atoms with E-state index in [4.69, 9.17) is 5.11 Å². The van der Waals surface area contributed by atoms with Crippen LogP contribution in [0.3, 0.4) is 0 Å². The molecule has 0 aliphatic carbocycles. The van der Waals surface area contributed by atoms with Crippen LogP contribution in [0.25, 0.3) is 0 Å². The third kappa shape index (κ3) is 5.01. The molecule has 0 saturated carbocycles. The van der Waals surface area contributed by atoms with Gasteiger partial charge in [-0.15, -0.1) is 0 Å². The van der Waals surface area contributed by atoms with Gasteiger partial charge >= 0.3 is 12.1 Å². The van der Waals surface area contributed by atoms with Crippen molar-refractivity contribution >= 4 is 11.9 Å². The van der Waals surface area contributed by atoms with Crippen LogP contribution in [0.1, 0.15) is 30.0 Å². The van der Waals surface area contributed by atoms with Crippen LogP contribution in [-0.4, -0.2) is 44.9 Å². The number of amides is 1. The molecule has 0 radical (unpaired) electrons. The lowest BCUT2D eigenvalue weighted by Gasteiger charge is -2.22. The second kappa shape index (κ2) is 6.51. The summed E-state index contributed by atoms with van der Waals surface area (Å²) < 4.78 is 37.0. The SMILES string of the molecule is CC(C)CN(CC(=O)O)C(=O)c1cnc(C(F)(F)F)nc1. The smallest absolute Gasteiger partial charge is 0.451 e. The first-order valence-electron chi connectivity index (χ1n) is 6.01. The highest BCUT2D eigenvalue weighted by Crippen LogP contribution is 2.25. The molecule has 1 aromatic heterocycles. The monoisotopic (exact) mass is 305 g/mol. The average Bonchev–Trinajstić information content (AvgIpc) is 2.35. The van der Waals surface area contributed by atoms with Crippen LogP contribution in [0.5, 0.6) is 0 Å². The van der Waals surface area contributed by atoms with E-state index in [0.29, 0.717) is 0 Å². The number of carbonyl (C=O) groups is 2. The fourth-order valence-electron chi connectivity index (χ4n) is 1.59. The molecule has 0 saturated heterocycles. The highest BCUT2D eigenvalue weighted by Gasteiger charge is 2.34. The van der Waals surface area contributed by atoms with E-state index < -0.39 is 30.4 Å². The predicted molar refractivity (Wildman–Crippen MR) is 65.4 cm³/mol. The second-order valence-corrected chi connectivity index (χ2v) is 4.77. The Balaban J connectivity index is 2.95. The number of carboxylic acid groups (broad SMARTS) is 1. The lowest BCUT2D eigenvalue weighted by atomic mass is 10.2. The van der Waals surface area contributed by atoms with Gasteiger partial charge in [0.15, 0.2) is 0 Å². The normalized spacial score (nSPS) is 11.5. The van der Waals surface area contributed by atoms with Gasteiger partial charge in [-0.2, -0.15) is 13.2 Å². The number of halogens is 3. The van der Waals surface area contributed by atoms with Gasteiger partial charge in [-0.05, 0) is 5.92 Å². The van der Waals surface area contributed by atoms with Gasteiger partial charge in [-0.25, -0.2) is 9.97 Å². The molecule has 116 valence electrons. The van der Waals surface area contributed by atoms with Crippen LogP contribution in [0.2, 0.25) is 0 Å². The van der Waals surface area contributed by atoms with E-state index in [1.807, 2.05) is 0 Å². The number of hydrogen-bond donors (Lipinski definition) is 1. The molecule has 1 rings (SSSR count). The largest absolute Gasteiger partial charge is 0.480 e. The molecule has 21 heavy (non-hydrogen) atoms. The number of rotatable bonds is 5.